The first-order chi connectivity index (χ1) is 8.23. The van der Waals surface area contributed by atoms with E-state index < -0.39 is 7.82 Å². The predicted molar refractivity (Wildman–Crippen MR) is 65.4 cm³/mol. The van der Waals surface area contributed by atoms with Gasteiger partial charge in [-0.1, -0.05) is 38.3 Å². The number of fused-ring (bicyclic) bond motifs is 1. The van der Waals surface area contributed by atoms with Gasteiger partial charge in [-0.25, -0.2) is 4.57 Å². The summed E-state index contributed by atoms with van der Waals surface area (Å²) in [4.78, 5) is 0. The van der Waals surface area contributed by atoms with Crippen molar-refractivity contribution in [1.82, 2.24) is 0 Å². The van der Waals surface area contributed by atoms with Crippen molar-refractivity contribution in [2.75, 3.05) is 6.61 Å². The zero-order valence-corrected chi connectivity index (χ0v) is 10.8. The van der Waals surface area contributed by atoms with E-state index in [4.69, 9.17) is 13.6 Å². The van der Waals surface area contributed by atoms with Gasteiger partial charge >= 0.3 is 7.82 Å². The third-order valence-corrected chi connectivity index (χ3v) is 3.86. The molecule has 94 valence electrons. The second-order valence-corrected chi connectivity index (χ2v) is 5.49. The van der Waals surface area contributed by atoms with Crippen LogP contribution in [0.25, 0.3) is 0 Å². The Balaban J connectivity index is 1.81. The highest BCUT2D eigenvalue weighted by Crippen LogP contribution is 2.58. The minimum Gasteiger partial charge on any atom is -0.391 e. The van der Waals surface area contributed by atoms with Crippen molar-refractivity contribution in [3.05, 3.63) is 24.3 Å². The second kappa shape index (κ2) is 5.56. The third-order valence-electron chi connectivity index (χ3n) is 2.52. The van der Waals surface area contributed by atoms with Crippen LogP contribution in [0.1, 0.15) is 32.6 Å². The van der Waals surface area contributed by atoms with Crippen molar-refractivity contribution in [2.45, 2.75) is 32.6 Å². The first-order valence-corrected chi connectivity index (χ1v) is 7.42. The molecule has 0 radical (unpaired) electrons. The Bertz CT molecular complexity index is 390. The van der Waals surface area contributed by atoms with Gasteiger partial charge in [0.2, 0.25) is 0 Å². The monoisotopic (exact) mass is 256 g/mol. The molecule has 1 aliphatic rings. The van der Waals surface area contributed by atoms with E-state index in [9.17, 15) is 4.57 Å². The largest absolute Gasteiger partial charge is 0.587 e. The summed E-state index contributed by atoms with van der Waals surface area (Å²) < 4.78 is 27.7. The van der Waals surface area contributed by atoms with Crippen molar-refractivity contribution in [3.63, 3.8) is 0 Å². The van der Waals surface area contributed by atoms with E-state index in [-0.39, 0.29) is 0 Å². The number of rotatable bonds is 6. The van der Waals surface area contributed by atoms with E-state index in [1.807, 2.05) is 0 Å². The highest BCUT2D eigenvalue weighted by atomic mass is 31.2. The zero-order chi connectivity index (χ0) is 12.1. The van der Waals surface area contributed by atoms with Gasteiger partial charge in [0, 0.05) is 0 Å². The summed E-state index contributed by atoms with van der Waals surface area (Å²) in [6, 6.07) is 7.04. The van der Waals surface area contributed by atoms with Gasteiger partial charge in [-0.3, -0.25) is 4.52 Å². The molecule has 0 bridgehead atoms. The maximum Gasteiger partial charge on any atom is 0.587 e. The quantitative estimate of drug-likeness (QED) is 0.566. The van der Waals surface area contributed by atoms with E-state index in [1.165, 1.54) is 0 Å². The van der Waals surface area contributed by atoms with E-state index in [1.54, 1.807) is 24.3 Å². The summed E-state index contributed by atoms with van der Waals surface area (Å²) in [5, 5.41) is 0. The Morgan fingerprint density at radius 1 is 1.12 bits per heavy atom. The SMILES string of the molecule is CCCCCCOP1(=O)Oc2ccccc2O1. The van der Waals surface area contributed by atoms with Crippen LogP contribution < -0.4 is 9.05 Å². The van der Waals surface area contributed by atoms with Gasteiger partial charge in [0.05, 0.1) is 6.61 Å². The molecule has 0 unspecified atom stereocenters. The molecular formula is C12H17O4P. The molecule has 0 aromatic heterocycles. The average Bonchev–Trinajstić information content (AvgIpc) is 2.65. The fourth-order valence-corrected chi connectivity index (χ4v) is 2.90. The van der Waals surface area contributed by atoms with Gasteiger partial charge in [-0.05, 0) is 18.6 Å². The molecule has 0 saturated carbocycles. The molecule has 0 N–H and O–H groups in total. The lowest BCUT2D eigenvalue weighted by atomic mass is 10.2. The number of hydrogen-bond donors (Lipinski definition) is 0. The van der Waals surface area contributed by atoms with Crippen LogP contribution in [0.4, 0.5) is 0 Å². The van der Waals surface area contributed by atoms with Crippen LogP contribution >= 0.6 is 7.82 Å². The molecule has 0 spiro atoms. The van der Waals surface area contributed by atoms with Gasteiger partial charge < -0.3 is 9.05 Å². The topological polar surface area (TPSA) is 44.8 Å². The maximum atomic E-state index is 12.0. The van der Waals surface area contributed by atoms with Crippen LogP contribution in [0, 0.1) is 0 Å². The van der Waals surface area contributed by atoms with Crippen LogP contribution in [0.15, 0.2) is 24.3 Å². The van der Waals surface area contributed by atoms with Gasteiger partial charge in [-0.15, -0.1) is 0 Å². The molecule has 1 aliphatic heterocycles. The summed E-state index contributed by atoms with van der Waals surface area (Å²) in [5.74, 6) is 0.980. The van der Waals surface area contributed by atoms with Crippen LogP contribution in [0.2, 0.25) is 0 Å². The molecule has 0 atom stereocenters. The summed E-state index contributed by atoms with van der Waals surface area (Å²) in [6.07, 6.45) is 4.27. The van der Waals surface area contributed by atoms with Crippen molar-refractivity contribution >= 4 is 7.82 Å². The highest BCUT2D eigenvalue weighted by Gasteiger charge is 2.38. The second-order valence-electron chi connectivity index (χ2n) is 3.97. The molecule has 4 nitrogen and oxygen atoms in total. The molecule has 0 amide bonds. The maximum absolute atomic E-state index is 12.0. The Morgan fingerprint density at radius 2 is 1.76 bits per heavy atom. The lowest BCUT2D eigenvalue weighted by molar-refractivity contribution is 0.223. The number of benzene rings is 1. The Labute approximate surface area is 102 Å². The molecular weight excluding hydrogens is 239 g/mol. The number of para-hydroxylation sites is 2. The predicted octanol–water partition coefficient (Wildman–Crippen LogP) is 4.16. The molecule has 17 heavy (non-hydrogen) atoms. The van der Waals surface area contributed by atoms with Gasteiger partial charge in [-0.2, -0.15) is 0 Å². The molecule has 5 heteroatoms. The molecule has 2 rings (SSSR count). The molecule has 1 heterocycles. The third kappa shape index (κ3) is 3.24. The fourth-order valence-electron chi connectivity index (χ4n) is 1.62. The van der Waals surface area contributed by atoms with Crippen molar-refractivity contribution < 1.29 is 18.1 Å². The summed E-state index contributed by atoms with van der Waals surface area (Å²) >= 11 is 0. The number of hydrogen-bond acceptors (Lipinski definition) is 4. The first-order valence-electron chi connectivity index (χ1n) is 5.96. The first kappa shape index (κ1) is 12.5. The van der Waals surface area contributed by atoms with Crippen LogP contribution in [-0.4, -0.2) is 6.61 Å². The molecule has 1 aromatic rings. The fraction of sp³-hybridized carbons (Fsp3) is 0.500. The summed E-state index contributed by atoms with van der Waals surface area (Å²) in [6.45, 7) is 2.55. The number of phosphoric ester groups is 1. The van der Waals surface area contributed by atoms with Crippen molar-refractivity contribution in [3.8, 4) is 11.5 Å². The standard InChI is InChI=1S/C12H17O4P/c1-2-3-4-7-10-14-17(13)15-11-8-5-6-9-12(11)16-17/h5-6,8-9H,2-4,7,10H2,1H3. The van der Waals surface area contributed by atoms with Gasteiger partial charge in [0.25, 0.3) is 0 Å². The number of unbranched alkanes of at least 4 members (excludes halogenated alkanes) is 3. The summed E-state index contributed by atoms with van der Waals surface area (Å²) in [7, 11) is -3.40. The molecule has 0 fully saturated rings. The molecule has 1 aromatic carbocycles. The minimum absolute atomic E-state index is 0.408. The van der Waals surface area contributed by atoms with Crippen LogP contribution in [0.3, 0.4) is 0 Å². The van der Waals surface area contributed by atoms with E-state index in [0.717, 1.165) is 25.7 Å². The molecule has 0 saturated heterocycles. The Morgan fingerprint density at radius 3 is 2.35 bits per heavy atom. The highest BCUT2D eigenvalue weighted by molar-refractivity contribution is 7.49. The smallest absolute Gasteiger partial charge is 0.391 e. The molecule has 0 aliphatic carbocycles. The lowest BCUT2D eigenvalue weighted by Crippen LogP contribution is -1.99. The van der Waals surface area contributed by atoms with E-state index >= 15 is 0 Å². The van der Waals surface area contributed by atoms with E-state index in [0.29, 0.717) is 18.1 Å². The van der Waals surface area contributed by atoms with Crippen LogP contribution in [-0.2, 0) is 9.09 Å². The average molecular weight is 256 g/mol. The van der Waals surface area contributed by atoms with Crippen molar-refractivity contribution in [2.24, 2.45) is 0 Å². The van der Waals surface area contributed by atoms with Crippen molar-refractivity contribution in [1.29, 1.82) is 0 Å². The zero-order valence-electron chi connectivity index (χ0n) is 9.93. The minimum atomic E-state index is -3.40. The lowest BCUT2D eigenvalue weighted by Gasteiger charge is -2.09. The van der Waals surface area contributed by atoms with Gasteiger partial charge in [0.1, 0.15) is 0 Å². The Kier molecular flexibility index (Phi) is 4.08. The van der Waals surface area contributed by atoms with Crippen LogP contribution in [0.5, 0.6) is 11.5 Å². The van der Waals surface area contributed by atoms with Gasteiger partial charge in [0.15, 0.2) is 11.5 Å². The Hall–Kier alpha value is -0.990. The van der Waals surface area contributed by atoms with E-state index in [2.05, 4.69) is 6.92 Å². The summed E-state index contributed by atoms with van der Waals surface area (Å²) in [5.41, 5.74) is 0. The number of phosphoric acid groups is 1. The normalized spacial score (nSPS) is 16.1.